The molecule has 6 heteroatoms. The molecule has 6 nitrogen and oxygen atoms in total. The molecule has 0 bridgehead atoms. The van der Waals surface area contributed by atoms with E-state index in [9.17, 15) is 4.79 Å². The van der Waals surface area contributed by atoms with Crippen LogP contribution in [0, 0.1) is 0 Å². The number of aromatic amines is 1. The minimum atomic E-state index is 0.0482. The van der Waals surface area contributed by atoms with E-state index in [1.165, 1.54) is 0 Å². The van der Waals surface area contributed by atoms with Gasteiger partial charge in [-0.15, -0.1) is 0 Å². The summed E-state index contributed by atoms with van der Waals surface area (Å²) in [6, 6.07) is 9.89. The van der Waals surface area contributed by atoms with Crippen molar-refractivity contribution in [3.8, 4) is 0 Å². The molecule has 0 radical (unpaired) electrons. The molecule has 0 unspecified atom stereocenters. The normalized spacial score (nSPS) is 15.1. The summed E-state index contributed by atoms with van der Waals surface area (Å²) >= 11 is 0. The Morgan fingerprint density at radius 3 is 2.83 bits per heavy atom. The number of rotatable bonds is 3. The number of carbonyl (C=O) groups excluding carboxylic acids is 1. The summed E-state index contributed by atoms with van der Waals surface area (Å²) in [5.41, 5.74) is 3.63. The van der Waals surface area contributed by atoms with E-state index >= 15 is 0 Å². The molecule has 1 fully saturated rings. The van der Waals surface area contributed by atoms with E-state index in [0.29, 0.717) is 18.8 Å². The number of nitrogens with zero attached hydrogens (tertiary/aromatic N) is 4. The van der Waals surface area contributed by atoms with E-state index in [0.717, 1.165) is 29.0 Å². The maximum absolute atomic E-state index is 12.6. The van der Waals surface area contributed by atoms with Crippen molar-refractivity contribution in [1.82, 2.24) is 24.6 Å². The molecule has 2 aromatic heterocycles. The first-order valence-corrected chi connectivity index (χ1v) is 7.92. The molecule has 0 atom stereocenters. The second kappa shape index (κ2) is 5.22. The van der Waals surface area contributed by atoms with Gasteiger partial charge in [0, 0.05) is 20.1 Å². The summed E-state index contributed by atoms with van der Waals surface area (Å²) in [7, 11) is 1.82. The van der Waals surface area contributed by atoms with Crippen molar-refractivity contribution in [2.75, 3.05) is 13.1 Å². The summed E-state index contributed by atoms with van der Waals surface area (Å²) in [6.45, 7) is 3.44. The predicted molar refractivity (Wildman–Crippen MR) is 87.3 cm³/mol. The Labute approximate surface area is 134 Å². The lowest BCUT2D eigenvalue weighted by Gasteiger charge is -2.38. The number of likely N-dealkylation sites (tertiary alicyclic amines) is 1. The number of nitrogens with one attached hydrogen (secondary N) is 1. The highest BCUT2D eigenvalue weighted by molar-refractivity contribution is 5.93. The molecular formula is C17H19N5O. The molecule has 1 aliphatic rings. The topological polar surface area (TPSA) is 66.8 Å². The van der Waals surface area contributed by atoms with Crippen LogP contribution in [0.5, 0.6) is 0 Å². The minimum absolute atomic E-state index is 0.0482. The van der Waals surface area contributed by atoms with Crippen molar-refractivity contribution in [3.63, 3.8) is 0 Å². The molecule has 1 saturated heterocycles. The maximum atomic E-state index is 12.6. The van der Waals surface area contributed by atoms with Crippen LogP contribution in [0.25, 0.3) is 11.0 Å². The van der Waals surface area contributed by atoms with Crippen LogP contribution in [-0.4, -0.2) is 43.6 Å². The number of fused-ring (bicyclic) bond motifs is 1. The maximum Gasteiger partial charge on any atom is 0.272 e. The Hall–Kier alpha value is -2.63. The van der Waals surface area contributed by atoms with E-state index in [1.54, 1.807) is 4.68 Å². The van der Waals surface area contributed by atoms with E-state index < -0.39 is 0 Å². The summed E-state index contributed by atoms with van der Waals surface area (Å²) in [5.74, 6) is 1.30. The summed E-state index contributed by atoms with van der Waals surface area (Å²) in [5, 5.41) is 4.35. The van der Waals surface area contributed by atoms with Gasteiger partial charge in [-0.3, -0.25) is 9.48 Å². The van der Waals surface area contributed by atoms with Gasteiger partial charge in [0.1, 0.15) is 11.5 Å². The molecule has 3 aromatic rings. The van der Waals surface area contributed by atoms with Gasteiger partial charge in [-0.2, -0.15) is 5.10 Å². The van der Waals surface area contributed by atoms with E-state index in [2.05, 4.69) is 15.1 Å². The van der Waals surface area contributed by atoms with Crippen molar-refractivity contribution in [2.24, 2.45) is 7.05 Å². The van der Waals surface area contributed by atoms with Crippen molar-refractivity contribution >= 4 is 16.9 Å². The zero-order chi connectivity index (χ0) is 16.0. The highest BCUT2D eigenvalue weighted by Gasteiger charge is 2.35. The standard InChI is InChI=1S/C17H19N5O/c1-3-12-8-15(21(2)20-12)17(23)22-9-11(10-22)16-18-13-6-4-5-7-14(13)19-16/h4-8,11H,3,9-10H2,1-2H3,(H,18,19). The first kappa shape index (κ1) is 14.0. The number of carbonyl (C=O) groups is 1. The van der Waals surface area contributed by atoms with Crippen molar-refractivity contribution < 1.29 is 4.79 Å². The fourth-order valence-corrected chi connectivity index (χ4v) is 3.04. The highest BCUT2D eigenvalue weighted by atomic mass is 16.2. The Morgan fingerprint density at radius 1 is 1.35 bits per heavy atom. The molecule has 3 heterocycles. The zero-order valence-electron chi connectivity index (χ0n) is 13.3. The fraction of sp³-hybridized carbons (Fsp3) is 0.353. The Kier molecular flexibility index (Phi) is 3.18. The number of benzene rings is 1. The van der Waals surface area contributed by atoms with Gasteiger partial charge in [0.15, 0.2) is 0 Å². The lowest BCUT2D eigenvalue weighted by Crippen LogP contribution is -2.49. The number of H-pyrrole nitrogens is 1. The molecule has 1 aliphatic heterocycles. The molecule has 0 spiro atoms. The largest absolute Gasteiger partial charge is 0.342 e. The molecule has 0 aliphatic carbocycles. The average Bonchev–Trinajstić information content (AvgIpc) is 3.08. The van der Waals surface area contributed by atoms with Crippen LogP contribution in [0.4, 0.5) is 0 Å². The van der Waals surface area contributed by atoms with Crippen molar-refractivity contribution in [2.45, 2.75) is 19.3 Å². The molecule has 0 saturated carbocycles. The van der Waals surface area contributed by atoms with Crippen LogP contribution in [0.3, 0.4) is 0 Å². The van der Waals surface area contributed by atoms with Crippen molar-refractivity contribution in [1.29, 1.82) is 0 Å². The quantitative estimate of drug-likeness (QED) is 0.805. The lowest BCUT2D eigenvalue weighted by atomic mass is 9.99. The van der Waals surface area contributed by atoms with Gasteiger partial charge in [-0.05, 0) is 24.6 Å². The number of imidazole rings is 1. The second-order valence-electron chi connectivity index (χ2n) is 6.04. The van der Waals surface area contributed by atoms with Gasteiger partial charge in [-0.25, -0.2) is 4.98 Å². The Morgan fingerprint density at radius 2 is 2.13 bits per heavy atom. The van der Waals surface area contributed by atoms with E-state index in [-0.39, 0.29) is 11.8 Å². The highest BCUT2D eigenvalue weighted by Crippen LogP contribution is 2.28. The van der Waals surface area contributed by atoms with Crippen LogP contribution in [0.15, 0.2) is 30.3 Å². The number of hydrogen-bond donors (Lipinski definition) is 1. The minimum Gasteiger partial charge on any atom is -0.342 e. The van der Waals surface area contributed by atoms with Crippen LogP contribution in [0.2, 0.25) is 0 Å². The number of aryl methyl sites for hydroxylation is 2. The van der Waals surface area contributed by atoms with Gasteiger partial charge >= 0.3 is 0 Å². The van der Waals surface area contributed by atoms with Crippen LogP contribution in [-0.2, 0) is 13.5 Å². The van der Waals surface area contributed by atoms with Gasteiger partial charge in [-0.1, -0.05) is 19.1 Å². The van der Waals surface area contributed by atoms with Crippen LogP contribution < -0.4 is 0 Å². The number of hydrogen-bond acceptors (Lipinski definition) is 3. The summed E-state index contributed by atoms with van der Waals surface area (Å²) < 4.78 is 1.68. The van der Waals surface area contributed by atoms with E-state index in [4.69, 9.17) is 0 Å². The molecule has 1 aromatic carbocycles. The Bertz CT molecular complexity index is 839. The third-order valence-corrected chi connectivity index (χ3v) is 4.47. The molecule has 118 valence electrons. The fourth-order valence-electron chi connectivity index (χ4n) is 3.04. The van der Waals surface area contributed by atoms with Gasteiger partial charge in [0.2, 0.25) is 0 Å². The molecule has 1 amide bonds. The number of aromatic nitrogens is 4. The predicted octanol–water partition coefficient (Wildman–Crippen LogP) is 2.10. The molecule has 1 N–H and O–H groups in total. The lowest BCUT2D eigenvalue weighted by molar-refractivity contribution is 0.0584. The average molecular weight is 309 g/mol. The third kappa shape index (κ3) is 2.30. The van der Waals surface area contributed by atoms with Gasteiger partial charge in [0.25, 0.3) is 5.91 Å². The molecule has 4 rings (SSSR count). The first-order chi connectivity index (χ1) is 11.2. The number of para-hydroxylation sites is 2. The molecule has 23 heavy (non-hydrogen) atoms. The first-order valence-electron chi connectivity index (χ1n) is 7.92. The van der Waals surface area contributed by atoms with Crippen molar-refractivity contribution in [3.05, 3.63) is 47.5 Å². The zero-order valence-corrected chi connectivity index (χ0v) is 13.3. The van der Waals surface area contributed by atoms with Gasteiger partial charge < -0.3 is 9.88 Å². The number of amides is 1. The Balaban J connectivity index is 1.48. The van der Waals surface area contributed by atoms with Gasteiger partial charge in [0.05, 0.1) is 22.6 Å². The third-order valence-electron chi connectivity index (χ3n) is 4.47. The summed E-state index contributed by atoms with van der Waals surface area (Å²) in [6.07, 6.45) is 0.836. The second-order valence-corrected chi connectivity index (χ2v) is 6.04. The monoisotopic (exact) mass is 309 g/mol. The van der Waals surface area contributed by atoms with E-state index in [1.807, 2.05) is 49.2 Å². The summed E-state index contributed by atoms with van der Waals surface area (Å²) in [4.78, 5) is 22.4. The van der Waals surface area contributed by atoms with Crippen LogP contribution in [0.1, 0.15) is 34.8 Å². The smallest absolute Gasteiger partial charge is 0.272 e. The molecular weight excluding hydrogens is 290 g/mol. The SMILES string of the molecule is CCc1cc(C(=O)N2CC(c3nc4ccccc4[nH]3)C2)n(C)n1. The van der Waals surface area contributed by atoms with Crippen LogP contribution >= 0.6 is 0 Å².